The van der Waals surface area contributed by atoms with Crippen molar-refractivity contribution in [1.29, 1.82) is 0 Å². The van der Waals surface area contributed by atoms with Crippen LogP contribution in [0, 0.1) is 5.92 Å². The zero-order valence-electron chi connectivity index (χ0n) is 11.3. The first-order valence-electron chi connectivity index (χ1n) is 6.71. The van der Waals surface area contributed by atoms with E-state index in [-0.39, 0.29) is 5.84 Å². The lowest BCUT2D eigenvalue weighted by Crippen LogP contribution is -2.52. The van der Waals surface area contributed by atoms with E-state index in [9.17, 15) is 19.9 Å². The summed E-state index contributed by atoms with van der Waals surface area (Å²) in [7, 11) is 0. The first-order chi connectivity index (χ1) is 10.1. The van der Waals surface area contributed by atoms with Crippen LogP contribution in [0.2, 0.25) is 0 Å². The highest BCUT2D eigenvalue weighted by Crippen LogP contribution is 2.30. The number of benzene rings is 1. The number of hydrogen-bond acceptors (Lipinski definition) is 6. The van der Waals surface area contributed by atoms with Gasteiger partial charge in [0, 0.05) is 31.7 Å². The molecule has 1 atom stereocenters. The van der Waals surface area contributed by atoms with E-state index in [0.29, 0.717) is 37.4 Å². The van der Waals surface area contributed by atoms with E-state index in [4.69, 9.17) is 0 Å². The molecule has 2 aliphatic heterocycles. The van der Waals surface area contributed by atoms with Crippen LogP contribution in [-0.4, -0.2) is 64.0 Å². The number of fused-ring (bicyclic) bond motifs is 1. The number of hydrogen-bond donors (Lipinski definition) is 2. The zero-order chi connectivity index (χ0) is 15.0. The molecule has 0 amide bonds. The minimum Gasteiger partial charge on any atom is -0.480 e. The second-order valence-corrected chi connectivity index (χ2v) is 5.06. The summed E-state index contributed by atoms with van der Waals surface area (Å²) >= 11 is 0. The maximum Gasteiger partial charge on any atom is 0.322 e. The van der Waals surface area contributed by atoms with Crippen molar-refractivity contribution in [1.82, 2.24) is 9.96 Å². The van der Waals surface area contributed by atoms with Crippen LogP contribution < -0.4 is 0 Å². The van der Waals surface area contributed by atoms with Gasteiger partial charge in [-0.1, -0.05) is 12.1 Å². The van der Waals surface area contributed by atoms with Gasteiger partial charge in [0.15, 0.2) is 11.7 Å². The largest absolute Gasteiger partial charge is 0.480 e. The van der Waals surface area contributed by atoms with Gasteiger partial charge < -0.3 is 15.2 Å². The third-order valence-electron chi connectivity index (χ3n) is 3.75. The highest BCUT2D eigenvalue weighted by molar-refractivity contribution is 6.26. The van der Waals surface area contributed by atoms with Crippen molar-refractivity contribution in [2.24, 2.45) is 10.9 Å². The van der Waals surface area contributed by atoms with Gasteiger partial charge in [0.25, 0.3) is 0 Å². The number of para-hydroxylation sites is 1. The van der Waals surface area contributed by atoms with Gasteiger partial charge in [-0.15, -0.1) is 0 Å². The number of carboxylic acid groups (broad SMARTS) is 1. The number of rotatable bonds is 1. The number of carbonyl (C=O) groups excluding carboxylic acids is 1. The predicted octanol–water partition coefficient (Wildman–Crippen LogP) is 0.621. The summed E-state index contributed by atoms with van der Waals surface area (Å²) in [5, 5.41) is 20.0. The Kier molecular flexibility index (Phi) is 3.44. The lowest BCUT2D eigenvalue weighted by atomic mass is 9.91. The Balaban J connectivity index is 2.01. The lowest BCUT2D eigenvalue weighted by molar-refractivity contribution is -0.138. The number of amidine groups is 1. The number of hydroxylamine groups is 2. The van der Waals surface area contributed by atoms with Gasteiger partial charge in [0.1, 0.15) is 5.84 Å². The maximum absolute atomic E-state index is 12.4. The van der Waals surface area contributed by atoms with E-state index in [0.717, 1.165) is 0 Å². The van der Waals surface area contributed by atoms with Crippen LogP contribution in [0.4, 0.5) is 5.69 Å². The van der Waals surface area contributed by atoms with Crippen LogP contribution >= 0.6 is 0 Å². The summed E-state index contributed by atoms with van der Waals surface area (Å²) in [5.74, 6) is -2.64. The number of Topliss-reactive ketones (excluding diaryl/α,β-unsaturated/α-hetero) is 1. The van der Waals surface area contributed by atoms with Gasteiger partial charge in [-0.25, -0.2) is 4.99 Å². The molecule has 1 unspecified atom stereocenters. The highest BCUT2D eigenvalue weighted by atomic mass is 16.5. The molecule has 3 rings (SSSR count). The molecule has 1 aromatic carbocycles. The van der Waals surface area contributed by atoms with Crippen molar-refractivity contribution in [2.75, 3.05) is 26.2 Å². The van der Waals surface area contributed by atoms with Crippen molar-refractivity contribution in [2.45, 2.75) is 0 Å². The molecule has 2 heterocycles. The molecular weight excluding hydrogens is 274 g/mol. The Morgan fingerprint density at radius 2 is 1.86 bits per heavy atom. The first kappa shape index (κ1) is 13.7. The topological polar surface area (TPSA) is 93.4 Å². The smallest absolute Gasteiger partial charge is 0.322 e. The minimum absolute atomic E-state index is 0.263. The molecule has 1 saturated heterocycles. The summed E-state index contributed by atoms with van der Waals surface area (Å²) < 4.78 is 0. The van der Waals surface area contributed by atoms with E-state index >= 15 is 0 Å². The average Bonchev–Trinajstić information content (AvgIpc) is 2.47. The first-order valence-corrected chi connectivity index (χ1v) is 6.71. The Morgan fingerprint density at radius 3 is 2.52 bits per heavy atom. The van der Waals surface area contributed by atoms with Crippen molar-refractivity contribution in [3.05, 3.63) is 29.8 Å². The molecule has 0 aliphatic carbocycles. The lowest BCUT2D eigenvalue weighted by Gasteiger charge is -2.36. The Labute approximate surface area is 121 Å². The molecule has 21 heavy (non-hydrogen) atoms. The summed E-state index contributed by atoms with van der Waals surface area (Å²) in [5.41, 5.74) is 0.843. The molecule has 0 aromatic heterocycles. The Bertz CT molecular complexity index is 620. The van der Waals surface area contributed by atoms with E-state index < -0.39 is 17.7 Å². The second kappa shape index (κ2) is 5.27. The standard InChI is InChI=1S/C14H15N3O4/c18-12-9-3-1-2-4-10(9)15-13(11(12)14(19)20)16-5-7-17(21)8-6-16/h1-4,11,21H,5-8H2,(H,19,20). The fourth-order valence-electron chi connectivity index (χ4n) is 2.64. The molecule has 0 radical (unpaired) electrons. The number of carbonyl (C=O) groups is 2. The average molecular weight is 289 g/mol. The number of nitrogens with zero attached hydrogens (tertiary/aromatic N) is 3. The molecule has 0 saturated carbocycles. The fourth-order valence-corrected chi connectivity index (χ4v) is 2.64. The van der Waals surface area contributed by atoms with E-state index in [2.05, 4.69) is 4.99 Å². The van der Waals surface area contributed by atoms with Crippen molar-refractivity contribution < 1.29 is 19.9 Å². The van der Waals surface area contributed by atoms with Crippen LogP contribution in [-0.2, 0) is 4.79 Å². The van der Waals surface area contributed by atoms with Gasteiger partial charge in [-0.3, -0.25) is 9.59 Å². The molecule has 110 valence electrons. The number of piperazine rings is 1. The molecule has 7 heteroatoms. The molecule has 7 nitrogen and oxygen atoms in total. The van der Waals surface area contributed by atoms with Crippen molar-refractivity contribution in [3.63, 3.8) is 0 Å². The van der Waals surface area contributed by atoms with Gasteiger partial charge in [0.2, 0.25) is 0 Å². The molecule has 2 N–H and O–H groups in total. The summed E-state index contributed by atoms with van der Waals surface area (Å²) in [6.45, 7) is 1.66. The molecule has 0 bridgehead atoms. The normalized spacial score (nSPS) is 22.7. The maximum atomic E-state index is 12.4. The second-order valence-electron chi connectivity index (χ2n) is 5.06. The van der Waals surface area contributed by atoms with E-state index in [1.165, 1.54) is 5.06 Å². The van der Waals surface area contributed by atoms with Gasteiger partial charge >= 0.3 is 5.97 Å². The molecule has 1 aromatic rings. The van der Waals surface area contributed by atoms with E-state index in [1.807, 2.05) is 0 Å². The van der Waals surface area contributed by atoms with Crippen molar-refractivity contribution in [3.8, 4) is 0 Å². The number of ketones is 1. The van der Waals surface area contributed by atoms with Crippen LogP contribution in [0.15, 0.2) is 29.3 Å². The van der Waals surface area contributed by atoms with Gasteiger partial charge in [0.05, 0.1) is 5.69 Å². The molecule has 2 aliphatic rings. The third-order valence-corrected chi connectivity index (χ3v) is 3.75. The summed E-state index contributed by atoms with van der Waals surface area (Å²) in [4.78, 5) is 30.1. The zero-order valence-corrected chi connectivity index (χ0v) is 11.3. The molecular formula is C14H15N3O4. The highest BCUT2D eigenvalue weighted by Gasteiger charge is 2.40. The van der Waals surface area contributed by atoms with Crippen molar-refractivity contribution >= 4 is 23.3 Å². The number of carboxylic acids is 1. The monoisotopic (exact) mass is 289 g/mol. The quantitative estimate of drug-likeness (QED) is 0.736. The Hall–Kier alpha value is -2.25. The minimum atomic E-state index is -1.27. The van der Waals surface area contributed by atoms with Crippen LogP contribution in [0.1, 0.15) is 10.4 Å². The van der Waals surface area contributed by atoms with Gasteiger partial charge in [-0.2, -0.15) is 5.06 Å². The van der Waals surface area contributed by atoms with Crippen LogP contribution in [0.25, 0.3) is 0 Å². The molecule has 0 spiro atoms. The van der Waals surface area contributed by atoms with Crippen LogP contribution in [0.3, 0.4) is 0 Å². The van der Waals surface area contributed by atoms with Crippen LogP contribution in [0.5, 0.6) is 0 Å². The predicted molar refractivity (Wildman–Crippen MR) is 73.9 cm³/mol. The Morgan fingerprint density at radius 1 is 1.19 bits per heavy atom. The fraction of sp³-hybridized carbons (Fsp3) is 0.357. The van der Waals surface area contributed by atoms with Gasteiger partial charge in [-0.05, 0) is 12.1 Å². The summed E-state index contributed by atoms with van der Waals surface area (Å²) in [6, 6.07) is 6.76. The number of aliphatic imine (C=N–C) groups is 1. The summed E-state index contributed by atoms with van der Waals surface area (Å²) in [6.07, 6.45) is 0. The SMILES string of the molecule is O=C(O)C1C(=O)c2ccccc2N=C1N1CCN(O)CC1. The number of aliphatic carboxylic acids is 1. The molecule has 1 fully saturated rings. The third kappa shape index (κ3) is 2.41. The van der Waals surface area contributed by atoms with E-state index in [1.54, 1.807) is 29.2 Å².